The van der Waals surface area contributed by atoms with Crippen LogP contribution >= 0.6 is 0 Å². The van der Waals surface area contributed by atoms with Gasteiger partial charge in [0.2, 0.25) is 5.78 Å². The van der Waals surface area contributed by atoms with Gasteiger partial charge in [-0.1, -0.05) is 0 Å². The second-order valence-electron chi connectivity index (χ2n) is 4.41. The Balaban J connectivity index is 2.22. The van der Waals surface area contributed by atoms with E-state index in [0.717, 1.165) is 5.56 Å². The summed E-state index contributed by atoms with van der Waals surface area (Å²) in [6.45, 7) is 3.27. The predicted molar refractivity (Wildman–Crippen MR) is 65.9 cm³/mol. The van der Waals surface area contributed by atoms with Gasteiger partial charge in [0.15, 0.2) is 11.9 Å². The number of furan rings is 1. The molecule has 0 saturated heterocycles. The lowest BCUT2D eigenvalue weighted by atomic mass is 10.0. The number of rotatable bonds is 1. The van der Waals surface area contributed by atoms with E-state index in [1.807, 2.05) is 0 Å². The number of cyclic esters (lactones) is 1. The van der Waals surface area contributed by atoms with Crippen LogP contribution in [0.3, 0.4) is 0 Å². The Morgan fingerprint density at radius 1 is 1.16 bits per heavy atom. The molecule has 1 aliphatic rings. The lowest BCUT2D eigenvalue weighted by Crippen LogP contribution is -2.31. The molecule has 0 spiro atoms. The van der Waals surface area contributed by atoms with Crippen molar-refractivity contribution in [2.75, 3.05) is 0 Å². The second kappa shape index (κ2) is 4.05. The molecule has 1 unspecified atom stereocenters. The van der Waals surface area contributed by atoms with Crippen molar-refractivity contribution in [2.24, 2.45) is 0 Å². The third kappa shape index (κ3) is 1.66. The first-order valence-corrected chi connectivity index (χ1v) is 5.88. The molecule has 0 fully saturated rings. The third-order valence-electron chi connectivity index (χ3n) is 3.17. The summed E-state index contributed by atoms with van der Waals surface area (Å²) >= 11 is 0. The van der Waals surface area contributed by atoms with Crippen LogP contribution in [-0.2, 0) is 4.74 Å². The van der Waals surface area contributed by atoms with Crippen LogP contribution in [0.2, 0.25) is 0 Å². The third-order valence-corrected chi connectivity index (χ3v) is 3.17. The fraction of sp³-hybridized carbons (Fsp3) is 0.214. The van der Waals surface area contributed by atoms with Crippen LogP contribution < -0.4 is 0 Å². The van der Waals surface area contributed by atoms with Crippen molar-refractivity contribution in [3.63, 3.8) is 0 Å². The van der Waals surface area contributed by atoms with E-state index in [0.29, 0.717) is 11.3 Å². The number of esters is 1. The van der Waals surface area contributed by atoms with E-state index in [-0.39, 0.29) is 17.1 Å². The highest BCUT2D eigenvalue weighted by Crippen LogP contribution is 2.34. The van der Waals surface area contributed by atoms with Crippen molar-refractivity contribution in [3.8, 4) is 11.3 Å². The summed E-state index contributed by atoms with van der Waals surface area (Å²) in [5.74, 6) is -0.221. The lowest BCUT2D eigenvalue weighted by Gasteiger charge is -2.16. The Labute approximate surface area is 109 Å². The Hall–Kier alpha value is -2.43. The van der Waals surface area contributed by atoms with Gasteiger partial charge in [-0.05, 0) is 26.0 Å². The summed E-state index contributed by atoms with van der Waals surface area (Å²) < 4.78 is 10.6. The fourth-order valence-electron chi connectivity index (χ4n) is 2.17. The van der Waals surface area contributed by atoms with E-state index in [4.69, 9.17) is 9.15 Å². The summed E-state index contributed by atoms with van der Waals surface area (Å²) in [6, 6.07) is 3.52. The summed E-state index contributed by atoms with van der Waals surface area (Å²) in [5.41, 5.74) is 1.62. The van der Waals surface area contributed by atoms with Crippen molar-refractivity contribution in [1.82, 2.24) is 4.98 Å². The zero-order chi connectivity index (χ0) is 13.6. The smallest absolute Gasteiger partial charge is 0.343 e. The number of Topliss-reactive ketones (excluding diaryl/α,β-unsaturated/α-hetero) is 1. The number of ether oxygens (including phenoxy) is 1. The molecule has 19 heavy (non-hydrogen) atoms. The average molecular weight is 257 g/mol. The van der Waals surface area contributed by atoms with E-state index >= 15 is 0 Å². The summed E-state index contributed by atoms with van der Waals surface area (Å²) in [5, 5.41) is 0. The molecule has 5 nitrogen and oxygen atoms in total. The maximum atomic E-state index is 12.0. The minimum absolute atomic E-state index is 0.0908. The summed E-state index contributed by atoms with van der Waals surface area (Å²) in [6.07, 6.45) is 2.45. The van der Waals surface area contributed by atoms with Crippen LogP contribution in [0.5, 0.6) is 0 Å². The second-order valence-corrected chi connectivity index (χ2v) is 4.41. The zero-order valence-corrected chi connectivity index (χ0v) is 10.5. The van der Waals surface area contributed by atoms with E-state index in [9.17, 15) is 9.59 Å². The first-order valence-electron chi connectivity index (χ1n) is 5.88. The van der Waals surface area contributed by atoms with Gasteiger partial charge in [-0.3, -0.25) is 9.78 Å². The monoisotopic (exact) mass is 257 g/mol. The van der Waals surface area contributed by atoms with Crippen LogP contribution in [0.15, 0.2) is 28.9 Å². The Morgan fingerprint density at radius 2 is 1.84 bits per heavy atom. The molecule has 5 heteroatoms. The summed E-state index contributed by atoms with van der Waals surface area (Å²) in [7, 11) is 0. The molecule has 1 atom stereocenters. The maximum Gasteiger partial charge on any atom is 0.343 e. The predicted octanol–water partition coefficient (Wildman–Crippen LogP) is 2.39. The minimum Gasteiger partial charge on any atom is -0.452 e. The molecule has 0 N–H and O–H groups in total. The molecule has 2 aromatic heterocycles. The number of hydrogen-bond donors (Lipinski definition) is 0. The number of fused-ring (bicyclic) bond motifs is 1. The molecule has 96 valence electrons. The van der Waals surface area contributed by atoms with Crippen molar-refractivity contribution in [3.05, 3.63) is 41.4 Å². The molecule has 0 amide bonds. The zero-order valence-electron chi connectivity index (χ0n) is 10.5. The molecule has 0 saturated carbocycles. The van der Waals surface area contributed by atoms with E-state index < -0.39 is 12.1 Å². The molecule has 1 aliphatic heterocycles. The van der Waals surface area contributed by atoms with Crippen molar-refractivity contribution < 1.29 is 18.7 Å². The molecule has 3 heterocycles. The Bertz CT molecular complexity index is 672. The van der Waals surface area contributed by atoms with Crippen molar-refractivity contribution in [2.45, 2.75) is 20.0 Å². The SMILES string of the molecule is Cc1c(-c2ccncc2)oc2c1C(=O)OC(C)C2=O. The topological polar surface area (TPSA) is 69.4 Å². The van der Waals surface area contributed by atoms with Gasteiger partial charge < -0.3 is 9.15 Å². The number of ketones is 1. The molecule has 0 bridgehead atoms. The van der Waals surface area contributed by atoms with Gasteiger partial charge in [0.25, 0.3) is 0 Å². The highest BCUT2D eigenvalue weighted by Gasteiger charge is 2.37. The van der Waals surface area contributed by atoms with Crippen LogP contribution in [0.1, 0.15) is 33.4 Å². The van der Waals surface area contributed by atoms with Gasteiger partial charge in [0.05, 0.1) is 0 Å². The van der Waals surface area contributed by atoms with Gasteiger partial charge in [-0.15, -0.1) is 0 Å². The van der Waals surface area contributed by atoms with Crippen LogP contribution in [0.25, 0.3) is 11.3 Å². The number of hydrogen-bond acceptors (Lipinski definition) is 5. The summed E-state index contributed by atoms with van der Waals surface area (Å²) in [4.78, 5) is 27.8. The average Bonchev–Trinajstić information content (AvgIpc) is 2.76. The van der Waals surface area contributed by atoms with Gasteiger partial charge in [-0.25, -0.2) is 4.79 Å². The molecule has 0 radical (unpaired) electrons. The molecular weight excluding hydrogens is 246 g/mol. The van der Waals surface area contributed by atoms with Gasteiger partial charge in [0, 0.05) is 23.5 Å². The maximum absolute atomic E-state index is 12.0. The van der Waals surface area contributed by atoms with Crippen molar-refractivity contribution >= 4 is 11.8 Å². The number of carbonyl (C=O) groups is 2. The van der Waals surface area contributed by atoms with Crippen LogP contribution in [-0.4, -0.2) is 22.8 Å². The van der Waals surface area contributed by atoms with E-state index in [1.54, 1.807) is 31.5 Å². The van der Waals surface area contributed by atoms with Crippen LogP contribution in [0, 0.1) is 6.92 Å². The normalized spacial score (nSPS) is 18.1. The highest BCUT2D eigenvalue weighted by atomic mass is 16.6. The number of pyridine rings is 1. The van der Waals surface area contributed by atoms with Gasteiger partial charge in [0.1, 0.15) is 11.3 Å². The van der Waals surface area contributed by atoms with Crippen molar-refractivity contribution in [1.29, 1.82) is 0 Å². The molecule has 2 aromatic rings. The fourth-order valence-corrected chi connectivity index (χ4v) is 2.17. The molecular formula is C14H11NO4. The van der Waals surface area contributed by atoms with Gasteiger partial charge in [-0.2, -0.15) is 0 Å². The largest absolute Gasteiger partial charge is 0.452 e. The van der Waals surface area contributed by atoms with Gasteiger partial charge >= 0.3 is 5.97 Å². The minimum atomic E-state index is -0.796. The first kappa shape index (κ1) is 11.6. The standard InChI is InChI=1S/C14H11NO4/c1-7-10-13(11(16)8(2)18-14(10)17)19-12(7)9-3-5-15-6-4-9/h3-6,8H,1-2H3. The van der Waals surface area contributed by atoms with Crippen LogP contribution in [0.4, 0.5) is 0 Å². The quantitative estimate of drug-likeness (QED) is 0.733. The Morgan fingerprint density at radius 3 is 2.53 bits per heavy atom. The lowest BCUT2D eigenvalue weighted by molar-refractivity contribution is 0.0265. The number of nitrogens with zero attached hydrogens (tertiary/aromatic N) is 1. The molecule has 0 aromatic carbocycles. The van der Waals surface area contributed by atoms with E-state index in [2.05, 4.69) is 4.98 Å². The molecule has 3 rings (SSSR count). The number of aromatic nitrogens is 1. The Kier molecular flexibility index (Phi) is 2.48. The number of carbonyl (C=O) groups excluding carboxylic acids is 2. The van der Waals surface area contributed by atoms with E-state index in [1.165, 1.54) is 6.92 Å². The highest BCUT2D eigenvalue weighted by molar-refractivity contribution is 6.12. The molecule has 0 aliphatic carbocycles. The first-order chi connectivity index (χ1) is 9.09.